The summed E-state index contributed by atoms with van der Waals surface area (Å²) in [6.07, 6.45) is 6.95. The molecule has 0 radical (unpaired) electrons. The van der Waals surface area contributed by atoms with Gasteiger partial charge in [-0.2, -0.15) is 0 Å². The van der Waals surface area contributed by atoms with Crippen molar-refractivity contribution in [3.63, 3.8) is 0 Å². The van der Waals surface area contributed by atoms with Crippen LogP contribution >= 0.6 is 0 Å². The zero-order valence-corrected chi connectivity index (χ0v) is 19.6. The van der Waals surface area contributed by atoms with Gasteiger partial charge in [-0.05, 0) is 51.7 Å². The Morgan fingerprint density at radius 3 is 2.79 bits per heavy atom. The van der Waals surface area contributed by atoms with Gasteiger partial charge in [0.05, 0.1) is 17.3 Å². The van der Waals surface area contributed by atoms with Crippen LogP contribution < -0.4 is 16.0 Å². The third-order valence-corrected chi connectivity index (χ3v) is 6.68. The lowest BCUT2D eigenvalue weighted by Gasteiger charge is -2.40. The number of aliphatic imine (C=N–C) groups is 1. The van der Waals surface area contributed by atoms with Crippen molar-refractivity contribution < 1.29 is 0 Å². The first kappa shape index (κ1) is 21.6. The van der Waals surface area contributed by atoms with Gasteiger partial charge in [-0.25, -0.2) is 15.0 Å². The second kappa shape index (κ2) is 8.59. The van der Waals surface area contributed by atoms with Crippen LogP contribution in [0.3, 0.4) is 0 Å². The van der Waals surface area contributed by atoms with E-state index < -0.39 is 0 Å². The average Bonchev–Trinajstić information content (AvgIpc) is 2.78. The molecule has 0 saturated carbocycles. The third-order valence-electron chi connectivity index (χ3n) is 6.68. The lowest BCUT2D eigenvalue weighted by Crippen LogP contribution is -2.58. The van der Waals surface area contributed by atoms with E-state index in [0.717, 1.165) is 78.4 Å². The first-order valence-electron chi connectivity index (χ1n) is 11.7. The summed E-state index contributed by atoms with van der Waals surface area (Å²) in [5, 5.41) is 13.3. The second-order valence-electron chi connectivity index (χ2n) is 9.33. The van der Waals surface area contributed by atoms with Gasteiger partial charge in [0.1, 0.15) is 23.3 Å². The fraction of sp³-hybridized carbons (Fsp3) is 0.440. The minimum atomic E-state index is -0.0479. The Labute approximate surface area is 194 Å². The molecule has 1 aromatic heterocycles. The summed E-state index contributed by atoms with van der Waals surface area (Å²) in [6, 6.07) is 6.36. The van der Waals surface area contributed by atoms with E-state index in [1.807, 2.05) is 38.3 Å². The van der Waals surface area contributed by atoms with Gasteiger partial charge >= 0.3 is 0 Å². The molecule has 172 valence electrons. The Bertz CT molecular complexity index is 1190. The van der Waals surface area contributed by atoms with E-state index in [1.165, 1.54) is 0 Å². The van der Waals surface area contributed by atoms with E-state index >= 15 is 0 Å². The highest BCUT2D eigenvalue weighted by atomic mass is 15.3. The minimum Gasteiger partial charge on any atom is -0.353 e. The normalized spacial score (nSPS) is 22.7. The molecule has 0 aliphatic carbocycles. The molecule has 0 amide bonds. The quantitative estimate of drug-likeness (QED) is 0.629. The number of nitrogens with zero attached hydrogens (tertiary/aromatic N) is 5. The molecule has 1 atom stereocenters. The number of nitrogens with two attached hydrogens (primary N) is 1. The van der Waals surface area contributed by atoms with Gasteiger partial charge in [0.15, 0.2) is 0 Å². The summed E-state index contributed by atoms with van der Waals surface area (Å²) < 4.78 is 0. The van der Waals surface area contributed by atoms with E-state index in [4.69, 9.17) is 21.1 Å². The predicted molar refractivity (Wildman–Crippen MR) is 134 cm³/mol. The Hall–Kier alpha value is -3.26. The maximum atomic E-state index is 9.00. The minimum absolute atomic E-state index is 0.0479. The molecule has 0 spiro atoms. The summed E-state index contributed by atoms with van der Waals surface area (Å²) in [5.41, 5.74) is 9.72. The van der Waals surface area contributed by atoms with Crippen LogP contribution in [-0.2, 0) is 0 Å². The van der Waals surface area contributed by atoms with Crippen molar-refractivity contribution in [2.75, 3.05) is 24.5 Å². The third kappa shape index (κ3) is 4.11. The van der Waals surface area contributed by atoms with Gasteiger partial charge in [0, 0.05) is 48.9 Å². The van der Waals surface area contributed by atoms with Crippen molar-refractivity contribution in [2.24, 2.45) is 10.7 Å². The Kier molecular flexibility index (Phi) is 5.62. The summed E-state index contributed by atoms with van der Waals surface area (Å²) in [7, 11) is 0. The first-order valence-corrected chi connectivity index (χ1v) is 11.7. The molecular formula is C25H32N8. The van der Waals surface area contributed by atoms with Crippen molar-refractivity contribution in [1.29, 1.82) is 5.41 Å². The molecule has 8 nitrogen and oxygen atoms in total. The van der Waals surface area contributed by atoms with Gasteiger partial charge in [0.2, 0.25) is 0 Å². The van der Waals surface area contributed by atoms with Crippen LogP contribution in [0.15, 0.2) is 46.9 Å². The molecule has 1 unspecified atom stereocenters. The number of nitrogens with one attached hydrogen (secondary N) is 2. The number of fused-ring (bicyclic) bond motifs is 1. The highest BCUT2D eigenvalue weighted by molar-refractivity contribution is 6.03. The number of aryl methyl sites for hydroxylation is 2. The Morgan fingerprint density at radius 1 is 1.18 bits per heavy atom. The largest absolute Gasteiger partial charge is 0.353 e. The van der Waals surface area contributed by atoms with Crippen molar-refractivity contribution >= 4 is 28.3 Å². The van der Waals surface area contributed by atoms with E-state index in [2.05, 4.69) is 33.1 Å². The van der Waals surface area contributed by atoms with E-state index in [9.17, 15) is 0 Å². The number of hydrogen-bond acceptors (Lipinski definition) is 8. The fourth-order valence-corrected chi connectivity index (χ4v) is 4.97. The molecule has 5 rings (SSSR count). The van der Waals surface area contributed by atoms with Crippen molar-refractivity contribution in [3.8, 4) is 0 Å². The Balaban J connectivity index is 1.47. The second-order valence-corrected chi connectivity index (χ2v) is 9.33. The average molecular weight is 445 g/mol. The van der Waals surface area contributed by atoms with Crippen LogP contribution in [0.1, 0.15) is 37.6 Å². The van der Waals surface area contributed by atoms with Gasteiger partial charge < -0.3 is 26.3 Å². The van der Waals surface area contributed by atoms with Gasteiger partial charge in [-0.1, -0.05) is 12.1 Å². The van der Waals surface area contributed by atoms with E-state index in [-0.39, 0.29) is 12.1 Å². The topological polar surface area (TPSA) is 107 Å². The summed E-state index contributed by atoms with van der Waals surface area (Å²) in [4.78, 5) is 18.8. The molecule has 3 aliphatic heterocycles. The monoisotopic (exact) mass is 444 g/mol. The summed E-state index contributed by atoms with van der Waals surface area (Å²) in [6.45, 7) is 8.62. The molecule has 2 fully saturated rings. The van der Waals surface area contributed by atoms with Crippen LogP contribution in [0.5, 0.6) is 0 Å². The number of amidine groups is 1. The molecule has 2 saturated heterocycles. The number of aromatic nitrogens is 2. The molecule has 8 heteroatoms. The summed E-state index contributed by atoms with van der Waals surface area (Å²) in [5.74, 6) is 3.35. The van der Waals surface area contributed by atoms with Crippen molar-refractivity contribution in [1.82, 2.24) is 20.2 Å². The van der Waals surface area contributed by atoms with Crippen LogP contribution in [0, 0.1) is 19.3 Å². The van der Waals surface area contributed by atoms with Crippen molar-refractivity contribution in [2.45, 2.75) is 52.1 Å². The Morgan fingerprint density at radius 2 is 2.00 bits per heavy atom. The maximum absolute atomic E-state index is 9.00. The number of benzene rings is 1. The highest BCUT2D eigenvalue weighted by Crippen LogP contribution is 2.32. The predicted octanol–water partition coefficient (Wildman–Crippen LogP) is 3.02. The summed E-state index contributed by atoms with van der Waals surface area (Å²) >= 11 is 0. The SMILES string of the molecule is CC1=CN/C(=C\C(=N)C2CCCCN2c2nc(C)nc3cccc(C)c23)N=C1N1CC(N)C1. The molecular weight excluding hydrogens is 412 g/mol. The van der Waals surface area contributed by atoms with Gasteiger partial charge in [-0.3, -0.25) is 0 Å². The maximum Gasteiger partial charge on any atom is 0.141 e. The zero-order valence-electron chi connectivity index (χ0n) is 19.6. The molecule has 0 bridgehead atoms. The molecule has 3 aliphatic rings. The highest BCUT2D eigenvalue weighted by Gasteiger charge is 2.30. The lowest BCUT2D eigenvalue weighted by atomic mass is 9.96. The number of likely N-dealkylation sites (tertiary alicyclic amines) is 1. The number of anilines is 1. The molecule has 4 N–H and O–H groups in total. The smallest absolute Gasteiger partial charge is 0.141 e. The van der Waals surface area contributed by atoms with Gasteiger partial charge in [0.25, 0.3) is 0 Å². The van der Waals surface area contributed by atoms with Gasteiger partial charge in [-0.15, -0.1) is 0 Å². The van der Waals surface area contributed by atoms with Crippen LogP contribution in [0.2, 0.25) is 0 Å². The van der Waals surface area contributed by atoms with Crippen LogP contribution in [-0.4, -0.2) is 58.1 Å². The molecule has 4 heterocycles. The standard InChI is InChI=1S/C25H32N8/c1-15-7-6-8-20-23(15)25(30-17(3)29-20)33-10-5-4-9-21(33)19(27)11-22-28-12-16(2)24(31-22)32-13-18(26)14-32/h6-8,11-12,18,21,27-28H,4-5,9-10,13-14,26H2,1-3H3/b22-11+,27-19?. The number of rotatable bonds is 3. The van der Waals surface area contributed by atoms with Crippen LogP contribution in [0.4, 0.5) is 5.82 Å². The van der Waals surface area contributed by atoms with E-state index in [0.29, 0.717) is 11.5 Å². The van der Waals surface area contributed by atoms with Crippen LogP contribution in [0.25, 0.3) is 10.9 Å². The lowest BCUT2D eigenvalue weighted by molar-refractivity contribution is 0.254. The molecule has 2 aromatic rings. The fourth-order valence-electron chi connectivity index (χ4n) is 4.97. The number of hydrogen-bond donors (Lipinski definition) is 3. The first-order chi connectivity index (χ1) is 15.9. The molecule has 1 aromatic carbocycles. The molecule has 33 heavy (non-hydrogen) atoms. The van der Waals surface area contributed by atoms with E-state index in [1.54, 1.807) is 0 Å². The van der Waals surface area contributed by atoms with Crippen molar-refractivity contribution in [3.05, 3.63) is 53.3 Å². The zero-order chi connectivity index (χ0) is 23.1. The number of piperidine rings is 1.